The van der Waals surface area contributed by atoms with Gasteiger partial charge < -0.3 is 9.63 Å². The lowest BCUT2D eigenvalue weighted by atomic mass is 10.5. The predicted octanol–water partition coefficient (Wildman–Crippen LogP) is -0.438. The second-order valence-electron chi connectivity index (χ2n) is 1.05. The molecule has 4 nitrogen and oxygen atoms in total. The van der Waals surface area contributed by atoms with E-state index in [1.54, 1.807) is 0 Å². The van der Waals surface area contributed by atoms with Gasteiger partial charge in [-0.3, -0.25) is 0 Å². The molecule has 1 aromatic heterocycles. The number of aliphatic hydroxyl groups is 1. The highest BCUT2D eigenvalue weighted by Crippen LogP contribution is 1.86. The van der Waals surface area contributed by atoms with Gasteiger partial charge in [-0.05, 0) is 0 Å². The Kier molecular flexibility index (Phi) is 1.04. The summed E-state index contributed by atoms with van der Waals surface area (Å²) in [6.07, 6.45) is 1.29. The lowest BCUT2D eigenvalue weighted by molar-refractivity contribution is 0.276. The van der Waals surface area contributed by atoms with Gasteiger partial charge in [0.15, 0.2) is 0 Å². The number of aromatic nitrogens is 2. The average molecular weight is 100 g/mol. The molecule has 0 aromatic carbocycles. The Bertz CT molecular complexity index is 125. The molecule has 7 heavy (non-hydrogen) atoms. The number of nitrogens with zero attached hydrogens (tertiary/aromatic N) is 2. The van der Waals surface area contributed by atoms with Crippen LogP contribution in [0.5, 0.6) is 0 Å². The van der Waals surface area contributed by atoms with Crippen LogP contribution in [-0.2, 0) is 6.61 Å². The van der Waals surface area contributed by atoms with Crippen molar-refractivity contribution in [3.05, 3.63) is 12.0 Å². The van der Waals surface area contributed by atoms with Crippen LogP contribution in [0.1, 0.15) is 5.69 Å². The SMILES string of the molecule is OCc1conn1. The zero-order valence-electron chi connectivity index (χ0n) is 3.53. The number of hydrogen-bond acceptors (Lipinski definition) is 4. The first kappa shape index (κ1) is 4.26. The first-order chi connectivity index (χ1) is 3.43. The molecule has 0 saturated heterocycles. The fourth-order valence-electron chi connectivity index (χ4n) is 0.253. The van der Waals surface area contributed by atoms with Crippen molar-refractivity contribution in [3.8, 4) is 0 Å². The van der Waals surface area contributed by atoms with Gasteiger partial charge in [0.05, 0.1) is 6.61 Å². The van der Waals surface area contributed by atoms with Crippen molar-refractivity contribution in [1.29, 1.82) is 0 Å². The van der Waals surface area contributed by atoms with Gasteiger partial charge in [0.1, 0.15) is 12.0 Å². The van der Waals surface area contributed by atoms with E-state index in [1.807, 2.05) is 0 Å². The van der Waals surface area contributed by atoms with E-state index >= 15 is 0 Å². The molecule has 0 radical (unpaired) electrons. The van der Waals surface area contributed by atoms with Crippen LogP contribution in [0.3, 0.4) is 0 Å². The molecule has 0 aliphatic carbocycles. The van der Waals surface area contributed by atoms with Crippen LogP contribution in [0.25, 0.3) is 0 Å². The van der Waals surface area contributed by atoms with Gasteiger partial charge in [-0.2, -0.15) is 0 Å². The minimum Gasteiger partial charge on any atom is -0.390 e. The summed E-state index contributed by atoms with van der Waals surface area (Å²) in [4.78, 5) is 0. The van der Waals surface area contributed by atoms with Gasteiger partial charge in [-0.1, -0.05) is 0 Å². The van der Waals surface area contributed by atoms with Crippen molar-refractivity contribution in [1.82, 2.24) is 10.4 Å². The molecular weight excluding hydrogens is 96.0 g/mol. The summed E-state index contributed by atoms with van der Waals surface area (Å²) in [5, 5.41) is 14.7. The molecule has 0 fully saturated rings. The summed E-state index contributed by atoms with van der Waals surface area (Å²) in [5.41, 5.74) is 0.458. The summed E-state index contributed by atoms with van der Waals surface area (Å²) in [6, 6.07) is 0. The largest absolute Gasteiger partial charge is 0.390 e. The zero-order valence-corrected chi connectivity index (χ0v) is 3.53. The second kappa shape index (κ2) is 1.70. The van der Waals surface area contributed by atoms with Gasteiger partial charge >= 0.3 is 0 Å². The Morgan fingerprint density at radius 1 is 1.86 bits per heavy atom. The topological polar surface area (TPSA) is 59.2 Å². The Labute approximate surface area is 39.7 Å². The summed E-state index contributed by atoms with van der Waals surface area (Å²) in [5.74, 6) is 0. The average Bonchev–Trinajstić information content (AvgIpc) is 2.14. The van der Waals surface area contributed by atoms with E-state index < -0.39 is 0 Å². The zero-order chi connectivity index (χ0) is 5.11. The van der Waals surface area contributed by atoms with E-state index in [0.717, 1.165) is 0 Å². The molecular formula is C3H4N2O2. The fraction of sp³-hybridized carbons (Fsp3) is 0.333. The Hall–Kier alpha value is -0.900. The van der Waals surface area contributed by atoms with E-state index in [1.165, 1.54) is 6.26 Å². The predicted molar refractivity (Wildman–Crippen MR) is 20.2 cm³/mol. The van der Waals surface area contributed by atoms with E-state index in [0.29, 0.717) is 5.69 Å². The van der Waals surface area contributed by atoms with E-state index in [4.69, 9.17) is 5.11 Å². The number of hydrogen-bond donors (Lipinski definition) is 1. The lowest BCUT2D eigenvalue weighted by Crippen LogP contribution is -1.79. The Morgan fingerprint density at radius 3 is 3.00 bits per heavy atom. The molecule has 1 N–H and O–H groups in total. The van der Waals surface area contributed by atoms with Crippen molar-refractivity contribution < 1.29 is 9.63 Å². The lowest BCUT2D eigenvalue weighted by Gasteiger charge is -1.72. The van der Waals surface area contributed by atoms with Crippen LogP contribution in [0.15, 0.2) is 10.8 Å². The van der Waals surface area contributed by atoms with Crippen LogP contribution in [-0.4, -0.2) is 15.5 Å². The molecule has 4 heteroatoms. The van der Waals surface area contributed by atoms with E-state index in [-0.39, 0.29) is 6.61 Å². The standard InChI is InChI=1S/C3H4N2O2/c6-1-3-2-7-5-4-3/h2,6H,1H2. The molecule has 0 aliphatic rings. The van der Waals surface area contributed by atoms with Crippen LogP contribution in [0, 0.1) is 0 Å². The number of rotatable bonds is 1. The van der Waals surface area contributed by atoms with Gasteiger partial charge in [0.25, 0.3) is 0 Å². The van der Waals surface area contributed by atoms with Gasteiger partial charge in [-0.15, -0.1) is 5.10 Å². The van der Waals surface area contributed by atoms with Crippen LogP contribution >= 0.6 is 0 Å². The molecule has 0 amide bonds. The third-order valence-electron chi connectivity index (χ3n) is 0.567. The van der Waals surface area contributed by atoms with Crippen molar-refractivity contribution in [3.63, 3.8) is 0 Å². The maximum Gasteiger partial charge on any atom is 0.149 e. The highest BCUT2D eigenvalue weighted by Gasteiger charge is 1.89. The molecule has 1 rings (SSSR count). The van der Waals surface area contributed by atoms with Crippen molar-refractivity contribution in [2.24, 2.45) is 0 Å². The highest BCUT2D eigenvalue weighted by molar-refractivity contribution is 4.82. The Balaban J connectivity index is 2.76. The molecule has 0 atom stereocenters. The minimum absolute atomic E-state index is 0.108. The van der Waals surface area contributed by atoms with Gasteiger partial charge in [0.2, 0.25) is 0 Å². The summed E-state index contributed by atoms with van der Waals surface area (Å²) >= 11 is 0. The molecule has 0 spiro atoms. The number of aliphatic hydroxyl groups excluding tert-OH is 1. The maximum absolute atomic E-state index is 8.26. The van der Waals surface area contributed by atoms with Crippen LogP contribution < -0.4 is 0 Å². The van der Waals surface area contributed by atoms with Gasteiger partial charge in [0, 0.05) is 5.27 Å². The quantitative estimate of drug-likeness (QED) is 0.519. The summed E-state index contributed by atoms with van der Waals surface area (Å²) in [6.45, 7) is -0.108. The highest BCUT2D eigenvalue weighted by atomic mass is 16.5. The third-order valence-corrected chi connectivity index (χ3v) is 0.567. The van der Waals surface area contributed by atoms with Crippen LogP contribution in [0.2, 0.25) is 0 Å². The van der Waals surface area contributed by atoms with E-state index in [2.05, 4.69) is 14.9 Å². The summed E-state index contributed by atoms with van der Waals surface area (Å²) < 4.78 is 4.28. The minimum atomic E-state index is -0.108. The monoisotopic (exact) mass is 100 g/mol. The molecule has 1 heterocycles. The van der Waals surface area contributed by atoms with E-state index in [9.17, 15) is 0 Å². The maximum atomic E-state index is 8.26. The molecule has 1 aromatic rings. The van der Waals surface area contributed by atoms with Crippen molar-refractivity contribution >= 4 is 0 Å². The normalized spacial score (nSPS) is 9.29. The molecule has 0 aliphatic heterocycles. The third kappa shape index (κ3) is 0.747. The molecule has 0 bridgehead atoms. The first-order valence-electron chi connectivity index (χ1n) is 1.80. The van der Waals surface area contributed by atoms with Crippen molar-refractivity contribution in [2.45, 2.75) is 6.61 Å². The molecule has 0 saturated carbocycles. The molecule has 0 unspecified atom stereocenters. The van der Waals surface area contributed by atoms with Gasteiger partial charge in [-0.25, -0.2) is 0 Å². The summed E-state index contributed by atoms with van der Waals surface area (Å²) in [7, 11) is 0. The second-order valence-corrected chi connectivity index (χ2v) is 1.05. The van der Waals surface area contributed by atoms with Crippen molar-refractivity contribution in [2.75, 3.05) is 0 Å². The molecule has 38 valence electrons. The first-order valence-corrected chi connectivity index (χ1v) is 1.80. The Morgan fingerprint density at radius 2 is 2.71 bits per heavy atom. The smallest absolute Gasteiger partial charge is 0.149 e. The van der Waals surface area contributed by atoms with Crippen LogP contribution in [0.4, 0.5) is 0 Å². The fourth-order valence-corrected chi connectivity index (χ4v) is 0.253.